The Balaban J connectivity index is 1.86. The van der Waals surface area contributed by atoms with Gasteiger partial charge in [0.1, 0.15) is 5.69 Å². The molecule has 0 fully saturated rings. The predicted octanol–water partition coefficient (Wildman–Crippen LogP) is 4.09. The maximum Gasteiger partial charge on any atom is 0.500 e. The molecule has 0 saturated heterocycles. The van der Waals surface area contributed by atoms with Crippen LogP contribution in [0.5, 0.6) is 0 Å². The van der Waals surface area contributed by atoms with E-state index in [4.69, 9.17) is 29.6 Å². The number of hydrogen-bond acceptors (Lipinski definition) is 7. The van der Waals surface area contributed by atoms with Crippen LogP contribution in [0.25, 0.3) is 0 Å². The second-order valence-electron chi connectivity index (χ2n) is 7.78. The molecule has 1 atom stereocenters. The van der Waals surface area contributed by atoms with Crippen molar-refractivity contribution in [3.05, 3.63) is 64.5 Å². The number of halogens is 1. The van der Waals surface area contributed by atoms with E-state index in [2.05, 4.69) is 10.3 Å². The van der Waals surface area contributed by atoms with Crippen LogP contribution in [0.3, 0.4) is 0 Å². The molecule has 2 aromatic rings. The van der Waals surface area contributed by atoms with Crippen LogP contribution in [0.4, 0.5) is 0 Å². The number of nitrogens with zero attached hydrogens (tertiary/aromatic N) is 1. The van der Waals surface area contributed by atoms with Crippen LogP contribution in [0.1, 0.15) is 55.9 Å². The van der Waals surface area contributed by atoms with Crippen LogP contribution >= 0.6 is 11.6 Å². The van der Waals surface area contributed by atoms with Gasteiger partial charge in [0.05, 0.1) is 12.5 Å². The van der Waals surface area contributed by atoms with Gasteiger partial charge in [0, 0.05) is 45.2 Å². The molecular formula is C24H33ClN2O6Si. The summed E-state index contributed by atoms with van der Waals surface area (Å²) in [6, 6.07) is 11.6. The lowest BCUT2D eigenvalue weighted by Gasteiger charge is -2.24. The smallest absolute Gasteiger partial charge is 0.464 e. The number of aromatic nitrogens is 1. The fraction of sp³-hybridized carbons (Fsp3) is 0.458. The molecule has 1 amide bonds. The number of esters is 1. The minimum Gasteiger partial charge on any atom is -0.464 e. The monoisotopic (exact) mass is 508 g/mol. The van der Waals surface area contributed by atoms with E-state index < -0.39 is 14.8 Å². The highest BCUT2D eigenvalue weighted by molar-refractivity contribution is 6.60. The Labute approximate surface area is 207 Å². The van der Waals surface area contributed by atoms with Gasteiger partial charge in [0.25, 0.3) is 5.91 Å². The first-order chi connectivity index (χ1) is 16.3. The number of methoxy groups -OCH3 is 1. The van der Waals surface area contributed by atoms with E-state index in [9.17, 15) is 9.59 Å². The number of pyridine rings is 1. The van der Waals surface area contributed by atoms with Crippen molar-refractivity contribution in [2.45, 2.75) is 37.6 Å². The SMILES string of the molecule is COC(=O)c1cc(C(Cl)CCc2ccc(C(=O)NCCC[Si](OC)(OC)OC)cc2)cc(C)n1. The summed E-state index contributed by atoms with van der Waals surface area (Å²) in [6.07, 6.45) is 2.08. The van der Waals surface area contributed by atoms with Gasteiger partial charge in [-0.1, -0.05) is 12.1 Å². The third kappa shape index (κ3) is 7.88. The van der Waals surface area contributed by atoms with E-state index in [0.717, 1.165) is 17.5 Å². The Hall–Kier alpha value is -2.30. The van der Waals surface area contributed by atoms with E-state index in [-0.39, 0.29) is 17.0 Å². The van der Waals surface area contributed by atoms with Crippen LogP contribution in [0, 0.1) is 6.92 Å². The molecule has 1 aromatic carbocycles. The van der Waals surface area contributed by atoms with Crippen molar-refractivity contribution in [2.75, 3.05) is 35.0 Å². The Morgan fingerprint density at radius 2 is 1.71 bits per heavy atom. The number of hydrogen-bond donors (Lipinski definition) is 1. The first-order valence-corrected chi connectivity index (χ1v) is 13.4. The summed E-state index contributed by atoms with van der Waals surface area (Å²) < 4.78 is 20.9. The second-order valence-corrected chi connectivity index (χ2v) is 11.4. The summed E-state index contributed by atoms with van der Waals surface area (Å²) in [7, 11) is 3.42. The largest absolute Gasteiger partial charge is 0.500 e. The minimum atomic E-state index is -2.62. The highest BCUT2D eigenvalue weighted by atomic mass is 35.5. The highest BCUT2D eigenvalue weighted by Gasteiger charge is 2.36. The first kappa shape index (κ1) is 27.9. The lowest BCUT2D eigenvalue weighted by atomic mass is 10.0. The van der Waals surface area contributed by atoms with Gasteiger partial charge in [-0.3, -0.25) is 4.79 Å². The van der Waals surface area contributed by atoms with Crippen LogP contribution in [-0.4, -0.2) is 60.6 Å². The zero-order valence-electron chi connectivity index (χ0n) is 20.4. The Kier molecular flexibility index (Phi) is 11.1. The van der Waals surface area contributed by atoms with Crippen LogP contribution in [0.2, 0.25) is 6.04 Å². The molecule has 1 aromatic heterocycles. The van der Waals surface area contributed by atoms with Gasteiger partial charge in [-0.15, -0.1) is 11.6 Å². The lowest BCUT2D eigenvalue weighted by Crippen LogP contribution is -2.43. The zero-order chi connectivity index (χ0) is 25.1. The Morgan fingerprint density at radius 1 is 1.06 bits per heavy atom. The van der Waals surface area contributed by atoms with Crippen LogP contribution in [-0.2, 0) is 24.4 Å². The van der Waals surface area contributed by atoms with Gasteiger partial charge in [-0.05, 0) is 61.6 Å². The minimum absolute atomic E-state index is 0.135. The van der Waals surface area contributed by atoms with Gasteiger partial charge >= 0.3 is 14.8 Å². The number of carbonyl (C=O) groups is 2. The highest BCUT2D eigenvalue weighted by Crippen LogP contribution is 2.27. The molecule has 1 unspecified atom stereocenters. The molecule has 0 radical (unpaired) electrons. The summed E-state index contributed by atoms with van der Waals surface area (Å²) in [4.78, 5) is 28.4. The molecule has 0 aliphatic heterocycles. The van der Waals surface area contributed by atoms with Crippen LogP contribution < -0.4 is 5.32 Å². The number of rotatable bonds is 13. The molecule has 0 aliphatic carbocycles. The fourth-order valence-corrected chi connectivity index (χ4v) is 5.49. The first-order valence-electron chi connectivity index (χ1n) is 11.0. The zero-order valence-corrected chi connectivity index (χ0v) is 22.1. The van der Waals surface area contributed by atoms with Gasteiger partial charge in [-0.25, -0.2) is 9.78 Å². The van der Waals surface area contributed by atoms with Crippen molar-refractivity contribution in [2.24, 2.45) is 0 Å². The second kappa shape index (κ2) is 13.6. The summed E-state index contributed by atoms with van der Waals surface area (Å²) in [5, 5.41) is 2.63. The molecule has 8 nitrogen and oxygen atoms in total. The van der Waals surface area contributed by atoms with Gasteiger partial charge < -0.3 is 23.3 Å². The van der Waals surface area contributed by atoms with E-state index in [0.29, 0.717) is 36.7 Å². The summed E-state index contributed by atoms with van der Waals surface area (Å²) in [5.74, 6) is -0.621. The molecule has 1 N–H and O–H groups in total. The van der Waals surface area contributed by atoms with Crippen molar-refractivity contribution in [3.8, 4) is 0 Å². The maximum atomic E-state index is 12.4. The molecule has 0 bridgehead atoms. The van der Waals surface area contributed by atoms with Gasteiger partial charge in [0.2, 0.25) is 0 Å². The molecular weight excluding hydrogens is 476 g/mol. The quantitative estimate of drug-likeness (QED) is 0.188. The van der Waals surface area contributed by atoms with E-state index in [1.807, 2.05) is 25.1 Å². The molecule has 34 heavy (non-hydrogen) atoms. The summed E-state index contributed by atoms with van der Waals surface area (Å²) >= 11 is 6.60. The average molecular weight is 509 g/mol. The molecule has 0 aliphatic rings. The molecule has 0 spiro atoms. The van der Waals surface area contributed by atoms with E-state index >= 15 is 0 Å². The fourth-order valence-electron chi connectivity index (χ4n) is 3.53. The maximum absolute atomic E-state index is 12.4. The molecule has 10 heteroatoms. The number of amides is 1. The summed E-state index contributed by atoms with van der Waals surface area (Å²) in [6.45, 7) is 2.31. The van der Waals surface area contributed by atoms with Gasteiger partial charge in [-0.2, -0.15) is 0 Å². The number of nitrogens with one attached hydrogen (secondary N) is 1. The molecule has 1 heterocycles. The third-order valence-electron chi connectivity index (χ3n) is 5.51. The Morgan fingerprint density at radius 3 is 2.29 bits per heavy atom. The van der Waals surface area contributed by atoms with Crippen LogP contribution in [0.15, 0.2) is 36.4 Å². The molecule has 186 valence electrons. The number of benzene rings is 1. The molecule has 2 rings (SSSR count). The number of ether oxygens (including phenoxy) is 1. The normalized spacial score (nSPS) is 12.3. The topological polar surface area (TPSA) is 96.0 Å². The van der Waals surface area contributed by atoms with Crippen molar-refractivity contribution < 1.29 is 27.6 Å². The number of alkyl halides is 1. The average Bonchev–Trinajstić information content (AvgIpc) is 2.87. The van der Waals surface area contributed by atoms with Crippen molar-refractivity contribution >= 4 is 32.3 Å². The number of aryl methyl sites for hydroxylation is 2. The van der Waals surface area contributed by atoms with Crippen molar-refractivity contribution in [1.82, 2.24) is 10.3 Å². The van der Waals surface area contributed by atoms with E-state index in [1.165, 1.54) is 7.11 Å². The molecule has 0 saturated carbocycles. The number of carbonyl (C=O) groups excluding carboxylic acids is 2. The third-order valence-corrected chi connectivity index (χ3v) is 8.82. The van der Waals surface area contributed by atoms with Crippen molar-refractivity contribution in [1.29, 1.82) is 0 Å². The van der Waals surface area contributed by atoms with Crippen molar-refractivity contribution in [3.63, 3.8) is 0 Å². The van der Waals surface area contributed by atoms with E-state index in [1.54, 1.807) is 39.5 Å². The summed E-state index contributed by atoms with van der Waals surface area (Å²) in [5.41, 5.74) is 3.44. The predicted molar refractivity (Wildman–Crippen MR) is 132 cm³/mol. The standard InChI is InChI=1S/C24H33ClN2O6Si/c1-17-15-20(16-22(27-17)24(29)30-2)21(25)12-9-18-7-10-19(11-8-18)23(28)26-13-6-14-34(31-3,32-4)33-5/h7-8,10-11,15-16,21H,6,9,12-14H2,1-5H3,(H,26,28). The Bertz CT molecular complexity index is 945. The lowest BCUT2D eigenvalue weighted by molar-refractivity contribution is 0.0593. The van der Waals surface area contributed by atoms with Gasteiger partial charge in [0.15, 0.2) is 0 Å².